The number of aliphatic hydroxyl groups excluding tert-OH is 1. The van der Waals surface area contributed by atoms with Gasteiger partial charge in [-0.05, 0) is 78.8 Å². The van der Waals surface area contributed by atoms with E-state index in [1.807, 2.05) is 44.2 Å². The van der Waals surface area contributed by atoms with Crippen LogP contribution < -0.4 is 9.47 Å². The first kappa shape index (κ1) is 27.3. The van der Waals surface area contributed by atoms with Crippen LogP contribution in [-0.2, 0) is 17.6 Å². The first-order valence-corrected chi connectivity index (χ1v) is 12.6. The second-order valence-corrected chi connectivity index (χ2v) is 9.58. The Kier molecular flexibility index (Phi) is 9.95. The molecule has 3 unspecified atom stereocenters. The van der Waals surface area contributed by atoms with Crippen LogP contribution in [0.25, 0.3) is 0 Å². The molecule has 0 amide bonds. The van der Waals surface area contributed by atoms with Gasteiger partial charge in [-0.25, -0.2) is 0 Å². The lowest BCUT2D eigenvalue weighted by Crippen LogP contribution is -2.17. The molecular weight excluding hydrogens is 452 g/mol. The highest BCUT2D eigenvalue weighted by molar-refractivity contribution is 5.68. The van der Waals surface area contributed by atoms with E-state index >= 15 is 0 Å². The molecular formula is C31H38O5. The van der Waals surface area contributed by atoms with Crippen molar-refractivity contribution in [3.63, 3.8) is 0 Å². The van der Waals surface area contributed by atoms with E-state index in [-0.39, 0.29) is 18.3 Å². The largest absolute Gasteiger partial charge is 0.496 e. The monoisotopic (exact) mass is 490 g/mol. The van der Waals surface area contributed by atoms with Gasteiger partial charge in [0.05, 0.1) is 26.7 Å². The molecule has 192 valence electrons. The number of methoxy groups -OCH3 is 2. The van der Waals surface area contributed by atoms with E-state index < -0.39 is 12.1 Å². The van der Waals surface area contributed by atoms with E-state index in [1.165, 1.54) is 5.56 Å². The van der Waals surface area contributed by atoms with Crippen molar-refractivity contribution >= 4 is 5.97 Å². The van der Waals surface area contributed by atoms with Crippen LogP contribution in [-0.4, -0.2) is 30.4 Å². The lowest BCUT2D eigenvalue weighted by molar-refractivity contribution is -0.137. The van der Waals surface area contributed by atoms with E-state index in [4.69, 9.17) is 9.47 Å². The Bertz CT molecular complexity index is 1100. The van der Waals surface area contributed by atoms with Crippen LogP contribution in [0.2, 0.25) is 0 Å². The van der Waals surface area contributed by atoms with E-state index in [2.05, 4.69) is 36.4 Å². The van der Waals surface area contributed by atoms with Crippen molar-refractivity contribution < 1.29 is 24.5 Å². The van der Waals surface area contributed by atoms with Gasteiger partial charge in [0.1, 0.15) is 11.5 Å². The van der Waals surface area contributed by atoms with Crippen molar-refractivity contribution in [2.24, 2.45) is 5.92 Å². The molecule has 0 bridgehead atoms. The molecule has 0 fully saturated rings. The van der Waals surface area contributed by atoms with Crippen molar-refractivity contribution in [1.29, 1.82) is 0 Å². The van der Waals surface area contributed by atoms with E-state index in [0.717, 1.165) is 41.5 Å². The van der Waals surface area contributed by atoms with Crippen molar-refractivity contribution in [3.8, 4) is 11.5 Å². The molecule has 3 rings (SSSR count). The molecule has 0 aliphatic carbocycles. The van der Waals surface area contributed by atoms with Crippen LogP contribution >= 0.6 is 0 Å². The van der Waals surface area contributed by atoms with E-state index in [0.29, 0.717) is 17.9 Å². The summed E-state index contributed by atoms with van der Waals surface area (Å²) in [6.45, 7) is 3.87. The number of carboxylic acids is 1. The third kappa shape index (κ3) is 7.34. The molecule has 5 heteroatoms. The predicted octanol–water partition coefficient (Wildman–Crippen LogP) is 6.51. The third-order valence-corrected chi connectivity index (χ3v) is 6.94. The number of aliphatic carboxylic acids is 1. The average Bonchev–Trinajstić information content (AvgIpc) is 2.88. The zero-order valence-electron chi connectivity index (χ0n) is 21.7. The van der Waals surface area contributed by atoms with Gasteiger partial charge < -0.3 is 19.7 Å². The SMILES string of the molecule is COc1cc(C(O)C(CCCc2ccccc2)Cc2cccc(C(C)CC(=O)O)c2)cc(OC)c1C. The summed E-state index contributed by atoms with van der Waals surface area (Å²) < 4.78 is 11.1. The highest BCUT2D eigenvalue weighted by Gasteiger charge is 2.24. The molecule has 0 aromatic heterocycles. The Hall–Kier alpha value is -3.31. The van der Waals surface area contributed by atoms with E-state index in [9.17, 15) is 15.0 Å². The highest BCUT2D eigenvalue weighted by atomic mass is 16.5. The van der Waals surface area contributed by atoms with Crippen LogP contribution in [0, 0.1) is 12.8 Å². The molecule has 3 atom stereocenters. The molecule has 36 heavy (non-hydrogen) atoms. The van der Waals surface area contributed by atoms with Gasteiger partial charge >= 0.3 is 5.97 Å². The van der Waals surface area contributed by atoms with Crippen LogP contribution in [0.5, 0.6) is 11.5 Å². The normalized spacial score (nSPS) is 13.6. The quantitative estimate of drug-likeness (QED) is 0.286. The molecule has 0 aliphatic heterocycles. The lowest BCUT2D eigenvalue weighted by Gasteiger charge is -2.25. The van der Waals surface area contributed by atoms with Gasteiger partial charge in [0.2, 0.25) is 0 Å². The minimum absolute atomic E-state index is 0.0316. The summed E-state index contributed by atoms with van der Waals surface area (Å²) in [7, 11) is 3.25. The molecule has 0 radical (unpaired) electrons. The summed E-state index contributed by atoms with van der Waals surface area (Å²) in [5.74, 6) is 0.474. The Morgan fingerprint density at radius 3 is 2.14 bits per heavy atom. The van der Waals surface area contributed by atoms with Gasteiger partial charge in [0.25, 0.3) is 0 Å². The summed E-state index contributed by atoms with van der Waals surface area (Å²) >= 11 is 0. The van der Waals surface area contributed by atoms with Gasteiger partial charge in [0, 0.05) is 5.56 Å². The Morgan fingerprint density at radius 1 is 0.889 bits per heavy atom. The van der Waals surface area contributed by atoms with Crippen LogP contribution in [0.15, 0.2) is 66.7 Å². The van der Waals surface area contributed by atoms with Crippen LogP contribution in [0.3, 0.4) is 0 Å². The zero-order chi connectivity index (χ0) is 26.1. The second-order valence-electron chi connectivity index (χ2n) is 9.58. The first-order chi connectivity index (χ1) is 17.3. The first-order valence-electron chi connectivity index (χ1n) is 12.6. The number of rotatable bonds is 13. The van der Waals surface area contributed by atoms with Crippen LogP contribution in [0.4, 0.5) is 0 Å². The number of aliphatic hydroxyl groups is 1. The summed E-state index contributed by atoms with van der Waals surface area (Å²) in [6.07, 6.45) is 2.80. The second kappa shape index (κ2) is 13.1. The molecule has 0 saturated heterocycles. The van der Waals surface area contributed by atoms with Crippen molar-refractivity contribution in [1.82, 2.24) is 0 Å². The van der Waals surface area contributed by atoms with Gasteiger partial charge in [-0.15, -0.1) is 0 Å². The molecule has 0 aliphatic rings. The van der Waals surface area contributed by atoms with E-state index in [1.54, 1.807) is 14.2 Å². The van der Waals surface area contributed by atoms with Gasteiger partial charge in [-0.3, -0.25) is 4.79 Å². The number of carbonyl (C=O) groups is 1. The van der Waals surface area contributed by atoms with Gasteiger partial charge in [-0.2, -0.15) is 0 Å². The molecule has 2 N–H and O–H groups in total. The number of ether oxygens (including phenoxy) is 2. The highest BCUT2D eigenvalue weighted by Crippen LogP contribution is 2.37. The number of carboxylic acid groups (broad SMARTS) is 1. The zero-order valence-corrected chi connectivity index (χ0v) is 21.7. The molecule has 5 nitrogen and oxygen atoms in total. The topological polar surface area (TPSA) is 76.0 Å². The average molecular weight is 491 g/mol. The third-order valence-electron chi connectivity index (χ3n) is 6.94. The molecule has 3 aromatic rings. The smallest absolute Gasteiger partial charge is 0.303 e. The Balaban J connectivity index is 1.86. The molecule has 0 heterocycles. The van der Waals surface area contributed by atoms with Crippen molar-refractivity contribution in [2.75, 3.05) is 14.2 Å². The number of hydrogen-bond donors (Lipinski definition) is 2. The number of hydrogen-bond acceptors (Lipinski definition) is 4. The Labute approximate surface area is 214 Å². The standard InChI is InChI=1S/C31H38O5/c1-21(16-30(32)33)25-14-9-13-24(17-25)18-26(15-8-12-23-10-6-5-7-11-23)31(34)27-19-28(35-3)22(2)29(20-27)36-4/h5-7,9-11,13-14,17,19-21,26,31,34H,8,12,15-16,18H2,1-4H3,(H,32,33). The van der Waals surface area contributed by atoms with Crippen LogP contribution in [0.1, 0.15) is 66.0 Å². The minimum atomic E-state index is -0.802. The van der Waals surface area contributed by atoms with Crippen molar-refractivity contribution in [3.05, 3.63) is 94.5 Å². The van der Waals surface area contributed by atoms with Crippen molar-refractivity contribution in [2.45, 2.75) is 58.0 Å². The lowest BCUT2D eigenvalue weighted by atomic mass is 9.84. The number of aryl methyl sites for hydroxylation is 1. The minimum Gasteiger partial charge on any atom is -0.496 e. The fourth-order valence-corrected chi connectivity index (χ4v) is 4.84. The molecule has 3 aromatic carbocycles. The fraction of sp³-hybridized carbons (Fsp3) is 0.387. The molecule has 0 spiro atoms. The summed E-state index contributed by atoms with van der Waals surface area (Å²) in [6, 6.07) is 22.3. The maximum atomic E-state index is 11.6. The Morgan fingerprint density at radius 2 is 1.53 bits per heavy atom. The molecule has 0 saturated carbocycles. The fourth-order valence-electron chi connectivity index (χ4n) is 4.84. The maximum absolute atomic E-state index is 11.6. The maximum Gasteiger partial charge on any atom is 0.303 e. The summed E-state index contributed by atoms with van der Waals surface area (Å²) in [5, 5.41) is 20.8. The summed E-state index contributed by atoms with van der Waals surface area (Å²) in [5.41, 5.74) is 5.06. The van der Waals surface area contributed by atoms with Gasteiger partial charge in [0.15, 0.2) is 0 Å². The number of benzene rings is 3. The van der Waals surface area contributed by atoms with Gasteiger partial charge in [-0.1, -0.05) is 61.5 Å². The predicted molar refractivity (Wildman–Crippen MR) is 143 cm³/mol. The summed E-state index contributed by atoms with van der Waals surface area (Å²) in [4.78, 5) is 11.2.